The minimum atomic E-state index is -0.420. The van der Waals surface area contributed by atoms with E-state index in [1.165, 1.54) is 71.8 Å². The lowest BCUT2D eigenvalue weighted by atomic mass is 10.1. The molecule has 664 valence electrons. The van der Waals surface area contributed by atoms with Crippen molar-refractivity contribution in [2.45, 2.75) is 73.2 Å². The molecule has 12 heterocycles. The van der Waals surface area contributed by atoms with Crippen LogP contribution in [0.3, 0.4) is 0 Å². The van der Waals surface area contributed by atoms with Crippen LogP contribution >= 0.6 is 11.6 Å². The monoisotopic (exact) mass is 1790 g/mol. The van der Waals surface area contributed by atoms with Gasteiger partial charge in [-0.15, -0.1) is 0 Å². The summed E-state index contributed by atoms with van der Waals surface area (Å²) in [6.45, 7) is 8.70. The fourth-order valence-electron chi connectivity index (χ4n) is 14.8. The van der Waals surface area contributed by atoms with Gasteiger partial charge >= 0.3 is 0 Å². The molecule has 0 aliphatic heterocycles. The molecule has 0 radical (unpaired) electrons. The number of hydrogen-bond acceptors (Lipinski definition) is 20. The molecule has 0 aliphatic rings. The normalized spacial score (nSPS) is 11.2. The van der Waals surface area contributed by atoms with Gasteiger partial charge in [0.15, 0.2) is 0 Å². The molecule has 19 rings (SSSR count). The maximum Gasteiger partial charge on any atom is 0.223 e. The minimum absolute atomic E-state index is 0.0783. The molecule has 0 saturated heterocycles. The Morgan fingerprint density at radius 1 is 0.356 bits per heavy atom. The number of pyridine rings is 4. The molecule has 132 heavy (non-hydrogen) atoms. The first-order valence-corrected chi connectivity index (χ1v) is 42.6. The molecule has 0 unspecified atom stereocenters. The van der Waals surface area contributed by atoms with E-state index in [2.05, 4.69) is 107 Å². The third kappa shape index (κ3) is 21.4. The number of aryl methyl sites for hydroxylation is 1. The van der Waals surface area contributed by atoms with Crippen molar-refractivity contribution >= 4 is 58.0 Å². The van der Waals surface area contributed by atoms with E-state index in [9.17, 15) is 41.7 Å². The van der Waals surface area contributed by atoms with E-state index in [0.29, 0.717) is 120 Å². The number of aliphatic hydroxyl groups excluding tert-OH is 3. The van der Waals surface area contributed by atoms with E-state index in [4.69, 9.17) is 41.5 Å². The molecule has 7 aromatic carbocycles. The van der Waals surface area contributed by atoms with Gasteiger partial charge in [0.2, 0.25) is 23.8 Å². The van der Waals surface area contributed by atoms with Crippen LogP contribution in [0.4, 0.5) is 50.1 Å². The second-order valence-corrected chi connectivity index (χ2v) is 31.9. The number of aliphatic hydroxyl groups is 3. The number of imidazole rings is 4. The Hall–Kier alpha value is -15.5. The summed E-state index contributed by atoms with van der Waals surface area (Å²) in [5, 5.41) is 41.6. The van der Waals surface area contributed by atoms with Gasteiger partial charge in [-0.05, 0) is 249 Å². The van der Waals surface area contributed by atoms with Gasteiger partial charge in [-0.2, -0.15) is 0 Å². The smallest absolute Gasteiger partial charge is 0.223 e. The van der Waals surface area contributed by atoms with E-state index >= 15 is 0 Å². The van der Waals surface area contributed by atoms with Gasteiger partial charge in [0.25, 0.3) is 0 Å². The summed E-state index contributed by atoms with van der Waals surface area (Å²) in [6, 6.07) is 66.2. The molecule has 0 atom stereocenters. The van der Waals surface area contributed by atoms with Crippen molar-refractivity contribution in [2.75, 3.05) is 41.9 Å². The molecule has 0 spiro atoms. The number of halogens is 7. The zero-order valence-electron chi connectivity index (χ0n) is 72.2. The Morgan fingerprint density at radius 2 is 0.705 bits per heavy atom. The second-order valence-electron chi connectivity index (χ2n) is 31.5. The molecule has 0 saturated carbocycles. The summed E-state index contributed by atoms with van der Waals surface area (Å²) in [4.78, 5) is 57.3. The Labute approximate surface area is 759 Å². The Kier molecular flexibility index (Phi) is 28.1. The molecule has 0 fully saturated rings. The van der Waals surface area contributed by atoms with Crippen molar-refractivity contribution in [3.05, 3.63) is 371 Å². The number of hydrogen-bond donors (Lipinski definition) is 7. The van der Waals surface area contributed by atoms with Crippen molar-refractivity contribution in [3.8, 4) is 90.6 Å². The molecule has 7 N–H and O–H groups in total. The Morgan fingerprint density at radius 3 is 1.07 bits per heavy atom. The number of fused-ring (bicyclic) bond motifs is 4. The third-order valence-corrected chi connectivity index (χ3v) is 21.6. The molecule has 0 amide bonds. The predicted molar refractivity (Wildman–Crippen MR) is 501 cm³/mol. The maximum atomic E-state index is 14.1. The summed E-state index contributed by atoms with van der Waals surface area (Å²) in [7, 11) is 4.08. The van der Waals surface area contributed by atoms with Crippen molar-refractivity contribution in [1.29, 1.82) is 0 Å². The van der Waals surface area contributed by atoms with Crippen LogP contribution in [0.5, 0.6) is 0 Å². The lowest BCUT2D eigenvalue weighted by molar-refractivity contribution is 0.281. The quantitative estimate of drug-likeness (QED) is 0.0248. The summed E-state index contributed by atoms with van der Waals surface area (Å²) in [5.74, 6) is 0.316. The lowest BCUT2D eigenvalue weighted by Gasteiger charge is -2.11. The van der Waals surface area contributed by atoms with Gasteiger partial charge < -0.3 is 41.5 Å². The average Bonchev–Trinajstić information content (AvgIpc) is 1.63. The van der Waals surface area contributed by atoms with Gasteiger partial charge in [-0.25, -0.2) is 86.2 Å². The van der Waals surface area contributed by atoms with Crippen LogP contribution in [-0.4, -0.2) is 118 Å². The number of benzene rings is 7. The summed E-state index contributed by atoms with van der Waals surface area (Å²) in [6.07, 6.45) is 15.2. The number of nitrogens with zero attached hydrogens (tertiary/aromatic N) is 17. The van der Waals surface area contributed by atoms with E-state index in [0.717, 1.165) is 81.3 Å². The van der Waals surface area contributed by atoms with Crippen LogP contribution in [0.1, 0.15) is 64.8 Å². The summed E-state index contributed by atoms with van der Waals surface area (Å²) >= 11 is 6.12. The Balaban J connectivity index is 0.000000128. The first kappa shape index (κ1) is 89.9. The van der Waals surface area contributed by atoms with Crippen LogP contribution in [0.15, 0.2) is 286 Å². The number of anilines is 4. The van der Waals surface area contributed by atoms with Crippen molar-refractivity contribution in [2.24, 2.45) is 5.92 Å². The van der Waals surface area contributed by atoms with E-state index in [1.54, 1.807) is 146 Å². The van der Waals surface area contributed by atoms with E-state index in [1.807, 2.05) is 80.6 Å². The van der Waals surface area contributed by atoms with Gasteiger partial charge in [0.1, 0.15) is 57.5 Å². The summed E-state index contributed by atoms with van der Waals surface area (Å²) < 4.78 is 90.0. The highest BCUT2D eigenvalue weighted by Gasteiger charge is 2.25. The molecular formula is C101H88ClF6N21O3. The van der Waals surface area contributed by atoms with Crippen LogP contribution in [0, 0.1) is 47.7 Å². The van der Waals surface area contributed by atoms with Crippen LogP contribution in [0.25, 0.3) is 113 Å². The predicted octanol–water partition coefficient (Wildman–Crippen LogP) is 20.5. The third-order valence-electron chi connectivity index (χ3n) is 21.3. The SMILES string of the molecule is CC(C)CCNc1nccc(-c2c(-c3ccc(F)cc3)nc3cc(CN(C)C)ccn23)n1.Cc1cccc(CNc2nccc(-c3c(-c4ccc(F)cc4)nc4cc(CO)ccn34)n2)c1.OCc1ccn2c(-c3ccnc(NCc4c(F)cccc4Cl)n3)c(-c3ccc(F)cc3)nc2c1.OCc1ccn2c(-c3ccnc(NCc4ccccc4F)n3)c(-c3ccc(F)cc3)nc2c1. The number of nitrogens with one attached hydrogen (secondary N) is 4. The number of rotatable bonds is 26. The molecular weight excluding hydrogens is 1700 g/mol. The van der Waals surface area contributed by atoms with Gasteiger partial charge in [-0.3, -0.25) is 17.6 Å². The largest absolute Gasteiger partial charge is 0.392 e. The standard InChI is InChI=1S/C26H22FN5O.C25H18ClF2N5O.C25H19F2N5O.C25H29FN6/c1-17-3-2-4-18(13-17)15-29-26-28-11-9-22(30-26)25-24(20-5-7-21(27)8-6-20)31-23-14-19(16-33)10-12-32(23)25;26-19-2-1-3-20(28)18(19)13-30-25-29-10-8-21(31-25)24-23(16-4-6-17(27)7-5-16)32-22-12-15(14-34)9-11-33(22)24;26-19-7-5-17(6-8-19)23-24(32-12-10-16(15-33)13-22(32)31-23)21-9-11-28-25(30-21)29-14-18-3-1-2-4-20(18)27;1-17(2)9-12-27-25-28-13-10-21(29-25)24-23(19-5-7-20(26)8-6-19)30-22-15-18(16-31(3)4)11-14-32(22)24/h2-14,33H,15-16H2,1H3,(H,28,29,30);1-12,34H,13-14H2,(H,29,30,31);1-13,33H,14-15H2,(H,28,29,30);5-8,10-11,13-15,17H,9,12,16H2,1-4H3,(H,27,28,29). The second kappa shape index (κ2) is 41.3. The Bertz CT molecular complexity index is 7240. The maximum absolute atomic E-state index is 14.1. The first-order valence-electron chi connectivity index (χ1n) is 42.2. The highest BCUT2D eigenvalue weighted by Crippen LogP contribution is 2.39. The van der Waals surface area contributed by atoms with Crippen molar-refractivity contribution in [1.82, 2.24) is 82.3 Å². The molecule has 24 nitrogen and oxygen atoms in total. The molecule has 31 heteroatoms. The number of aromatic nitrogens is 16. The van der Waals surface area contributed by atoms with Crippen LogP contribution in [-0.2, 0) is 46.0 Å². The zero-order valence-corrected chi connectivity index (χ0v) is 72.9. The minimum Gasteiger partial charge on any atom is -0.392 e. The van der Waals surface area contributed by atoms with Gasteiger partial charge in [0.05, 0.1) is 88.1 Å². The lowest BCUT2D eigenvalue weighted by Crippen LogP contribution is -2.10. The van der Waals surface area contributed by atoms with E-state index in [-0.39, 0.29) is 67.9 Å². The van der Waals surface area contributed by atoms with Crippen molar-refractivity contribution < 1.29 is 41.7 Å². The fraction of sp³-hybridized carbons (Fsp3) is 0.149. The fourth-order valence-corrected chi connectivity index (χ4v) is 15.0. The van der Waals surface area contributed by atoms with Crippen LogP contribution in [0.2, 0.25) is 5.02 Å². The molecule has 19 aromatic rings. The average molecular weight is 1790 g/mol. The highest BCUT2D eigenvalue weighted by atomic mass is 35.5. The van der Waals surface area contributed by atoms with Gasteiger partial charge in [0, 0.05) is 121 Å². The van der Waals surface area contributed by atoms with E-state index < -0.39 is 5.82 Å². The van der Waals surface area contributed by atoms with Crippen molar-refractivity contribution in [3.63, 3.8) is 0 Å². The molecule has 0 bridgehead atoms. The van der Waals surface area contributed by atoms with Gasteiger partial charge in [-0.1, -0.05) is 79.5 Å². The van der Waals surface area contributed by atoms with Crippen LogP contribution < -0.4 is 21.3 Å². The first-order chi connectivity index (χ1) is 64.2. The summed E-state index contributed by atoms with van der Waals surface area (Å²) in [5.41, 5.74) is 20.5. The highest BCUT2D eigenvalue weighted by molar-refractivity contribution is 6.31. The zero-order chi connectivity index (χ0) is 91.9. The topological polar surface area (TPSA) is 284 Å². The molecule has 0 aliphatic carbocycles. The molecule has 12 aromatic heterocycles.